The van der Waals surface area contributed by atoms with Crippen LogP contribution in [-0.2, 0) is 9.47 Å². The number of nitrogens with one attached hydrogen (secondary N) is 2. The average molecular weight is 314 g/mol. The fourth-order valence-electron chi connectivity index (χ4n) is 2.57. The summed E-state index contributed by atoms with van der Waals surface area (Å²) in [7, 11) is 0. The maximum Gasteiger partial charge on any atom is 0.407 e. The SMILES string of the molecule is CC1CC(NCC(CNC(=O)OC(C)(C)C)C(C)C)CCO1. The van der Waals surface area contributed by atoms with Gasteiger partial charge >= 0.3 is 6.09 Å². The minimum atomic E-state index is -0.450. The zero-order chi connectivity index (χ0) is 16.8. The standard InChI is InChI=1S/C17H34N2O3/c1-12(2)14(11-19-16(20)22-17(4,5)6)10-18-15-7-8-21-13(3)9-15/h12-15,18H,7-11H2,1-6H3,(H,19,20). The topological polar surface area (TPSA) is 59.6 Å². The number of hydrogen-bond donors (Lipinski definition) is 2. The minimum absolute atomic E-state index is 0.335. The molecule has 1 fully saturated rings. The van der Waals surface area contributed by atoms with Crippen LogP contribution in [-0.4, -0.2) is 43.5 Å². The molecule has 1 heterocycles. The number of amides is 1. The summed E-state index contributed by atoms with van der Waals surface area (Å²) in [5, 5.41) is 6.52. The van der Waals surface area contributed by atoms with Gasteiger partial charge in [-0.25, -0.2) is 4.79 Å². The molecule has 3 atom stereocenters. The molecule has 2 N–H and O–H groups in total. The Hall–Kier alpha value is -0.810. The molecule has 1 saturated heterocycles. The lowest BCUT2D eigenvalue weighted by atomic mass is 9.94. The maximum absolute atomic E-state index is 11.8. The van der Waals surface area contributed by atoms with E-state index in [2.05, 4.69) is 31.4 Å². The highest BCUT2D eigenvalue weighted by Crippen LogP contribution is 2.15. The van der Waals surface area contributed by atoms with Crippen molar-refractivity contribution in [2.75, 3.05) is 19.7 Å². The van der Waals surface area contributed by atoms with Crippen molar-refractivity contribution in [1.29, 1.82) is 0 Å². The van der Waals surface area contributed by atoms with Crippen LogP contribution in [0.2, 0.25) is 0 Å². The molecule has 0 bridgehead atoms. The van der Waals surface area contributed by atoms with Gasteiger partial charge in [-0.15, -0.1) is 0 Å². The summed E-state index contributed by atoms with van der Waals surface area (Å²) in [6.45, 7) is 14.5. The Bertz CT molecular complexity index is 339. The van der Waals surface area contributed by atoms with Crippen LogP contribution >= 0.6 is 0 Å². The fourth-order valence-corrected chi connectivity index (χ4v) is 2.57. The molecular weight excluding hydrogens is 280 g/mol. The molecule has 3 unspecified atom stereocenters. The second kappa shape index (κ2) is 8.73. The number of ether oxygens (including phenoxy) is 2. The van der Waals surface area contributed by atoms with Crippen LogP contribution < -0.4 is 10.6 Å². The van der Waals surface area contributed by atoms with Crippen LogP contribution in [0.25, 0.3) is 0 Å². The van der Waals surface area contributed by atoms with Crippen LogP contribution in [0.1, 0.15) is 54.4 Å². The molecule has 1 rings (SSSR count). The Morgan fingerprint density at radius 2 is 2.00 bits per heavy atom. The average Bonchev–Trinajstić information content (AvgIpc) is 2.36. The summed E-state index contributed by atoms with van der Waals surface area (Å²) in [6, 6.07) is 0.520. The molecule has 0 saturated carbocycles. The van der Waals surface area contributed by atoms with Crippen molar-refractivity contribution >= 4 is 6.09 Å². The van der Waals surface area contributed by atoms with Crippen molar-refractivity contribution in [1.82, 2.24) is 10.6 Å². The Kier molecular flexibility index (Phi) is 7.63. The van der Waals surface area contributed by atoms with Crippen molar-refractivity contribution < 1.29 is 14.3 Å². The normalized spacial score (nSPS) is 24.1. The van der Waals surface area contributed by atoms with Crippen LogP contribution in [0.15, 0.2) is 0 Å². The number of hydrogen-bond acceptors (Lipinski definition) is 4. The zero-order valence-electron chi connectivity index (χ0n) is 15.1. The van der Waals surface area contributed by atoms with E-state index >= 15 is 0 Å². The number of rotatable bonds is 6. The largest absolute Gasteiger partial charge is 0.444 e. The molecular formula is C17H34N2O3. The summed E-state index contributed by atoms with van der Waals surface area (Å²) in [5.41, 5.74) is -0.450. The van der Waals surface area contributed by atoms with E-state index in [-0.39, 0.29) is 6.09 Å². The smallest absolute Gasteiger partial charge is 0.407 e. The van der Waals surface area contributed by atoms with Gasteiger partial charge in [0.05, 0.1) is 6.10 Å². The van der Waals surface area contributed by atoms with Crippen molar-refractivity contribution in [3.63, 3.8) is 0 Å². The van der Waals surface area contributed by atoms with E-state index in [1.807, 2.05) is 20.8 Å². The molecule has 0 aromatic carbocycles. The minimum Gasteiger partial charge on any atom is -0.444 e. The fraction of sp³-hybridized carbons (Fsp3) is 0.941. The van der Waals surface area contributed by atoms with Crippen LogP contribution in [0, 0.1) is 11.8 Å². The van der Waals surface area contributed by atoms with Gasteiger partial charge in [0, 0.05) is 25.7 Å². The molecule has 0 spiro atoms. The summed E-state index contributed by atoms with van der Waals surface area (Å²) in [6.07, 6.45) is 2.13. The number of alkyl carbamates (subject to hydrolysis) is 1. The van der Waals surface area contributed by atoms with Gasteiger partial charge < -0.3 is 20.1 Å². The molecule has 5 heteroatoms. The quantitative estimate of drug-likeness (QED) is 0.791. The second-order valence-electron chi connectivity index (χ2n) is 7.70. The van der Waals surface area contributed by atoms with E-state index in [9.17, 15) is 4.79 Å². The molecule has 0 aromatic heterocycles. The molecule has 22 heavy (non-hydrogen) atoms. The van der Waals surface area contributed by atoms with E-state index in [1.165, 1.54) is 0 Å². The summed E-state index contributed by atoms with van der Waals surface area (Å²) in [4.78, 5) is 11.8. The summed E-state index contributed by atoms with van der Waals surface area (Å²) >= 11 is 0. The van der Waals surface area contributed by atoms with E-state index in [0.29, 0.717) is 30.5 Å². The van der Waals surface area contributed by atoms with Crippen molar-refractivity contribution in [3.05, 3.63) is 0 Å². The van der Waals surface area contributed by atoms with Crippen molar-refractivity contribution in [2.45, 2.75) is 72.1 Å². The number of carbonyl (C=O) groups excluding carboxylic acids is 1. The van der Waals surface area contributed by atoms with E-state index < -0.39 is 5.60 Å². The summed E-state index contributed by atoms with van der Waals surface area (Å²) < 4.78 is 10.9. The Morgan fingerprint density at radius 1 is 1.32 bits per heavy atom. The predicted octanol–water partition coefficient (Wildman–Crippen LogP) is 2.94. The second-order valence-corrected chi connectivity index (χ2v) is 7.70. The predicted molar refractivity (Wildman–Crippen MR) is 89.0 cm³/mol. The van der Waals surface area contributed by atoms with Gasteiger partial charge in [0.25, 0.3) is 0 Å². The highest BCUT2D eigenvalue weighted by atomic mass is 16.6. The summed E-state index contributed by atoms with van der Waals surface area (Å²) in [5.74, 6) is 0.894. The van der Waals surface area contributed by atoms with Gasteiger partial charge in [-0.3, -0.25) is 0 Å². The highest BCUT2D eigenvalue weighted by molar-refractivity contribution is 5.67. The Morgan fingerprint density at radius 3 is 2.55 bits per heavy atom. The molecule has 130 valence electrons. The first kappa shape index (κ1) is 19.2. The van der Waals surface area contributed by atoms with Crippen molar-refractivity contribution in [2.24, 2.45) is 11.8 Å². The monoisotopic (exact) mass is 314 g/mol. The number of carbonyl (C=O) groups is 1. The zero-order valence-corrected chi connectivity index (χ0v) is 15.1. The molecule has 5 nitrogen and oxygen atoms in total. The van der Waals surface area contributed by atoms with Crippen molar-refractivity contribution in [3.8, 4) is 0 Å². The molecule has 1 amide bonds. The van der Waals surface area contributed by atoms with Gasteiger partial charge in [-0.05, 0) is 52.4 Å². The maximum atomic E-state index is 11.8. The van der Waals surface area contributed by atoms with Gasteiger partial charge in [-0.2, -0.15) is 0 Å². The first-order chi connectivity index (χ1) is 10.2. The molecule has 0 aromatic rings. The Balaban J connectivity index is 2.34. The van der Waals surface area contributed by atoms with Gasteiger partial charge in [0.1, 0.15) is 5.60 Å². The van der Waals surface area contributed by atoms with Gasteiger partial charge in [0.2, 0.25) is 0 Å². The van der Waals surface area contributed by atoms with E-state index in [1.54, 1.807) is 0 Å². The highest BCUT2D eigenvalue weighted by Gasteiger charge is 2.22. The Labute approximate surface area is 135 Å². The third-order valence-electron chi connectivity index (χ3n) is 4.00. The van der Waals surface area contributed by atoms with E-state index in [0.717, 1.165) is 26.0 Å². The van der Waals surface area contributed by atoms with Crippen LogP contribution in [0.5, 0.6) is 0 Å². The molecule has 0 aliphatic carbocycles. The van der Waals surface area contributed by atoms with Gasteiger partial charge in [-0.1, -0.05) is 13.8 Å². The molecule has 1 aliphatic heterocycles. The van der Waals surface area contributed by atoms with Crippen LogP contribution in [0.3, 0.4) is 0 Å². The third kappa shape index (κ3) is 7.99. The lowest BCUT2D eigenvalue weighted by Gasteiger charge is -2.31. The third-order valence-corrected chi connectivity index (χ3v) is 4.00. The lowest BCUT2D eigenvalue weighted by Crippen LogP contribution is -2.44. The van der Waals surface area contributed by atoms with Crippen LogP contribution in [0.4, 0.5) is 4.79 Å². The van der Waals surface area contributed by atoms with Gasteiger partial charge in [0.15, 0.2) is 0 Å². The first-order valence-corrected chi connectivity index (χ1v) is 8.49. The van der Waals surface area contributed by atoms with E-state index in [4.69, 9.17) is 9.47 Å². The first-order valence-electron chi connectivity index (χ1n) is 8.49. The molecule has 1 aliphatic rings. The lowest BCUT2D eigenvalue weighted by molar-refractivity contribution is 0.0123. The molecule has 0 radical (unpaired) electrons.